The summed E-state index contributed by atoms with van der Waals surface area (Å²) in [5, 5.41) is 13.5. The molecule has 0 saturated heterocycles. The minimum absolute atomic E-state index is 0.0958. The molecule has 19 heavy (non-hydrogen) atoms. The minimum atomic E-state index is -0.844. The SMILES string of the molecule is O=C(O)CCCCNC(=O)NCc1ccccc1F. The summed E-state index contributed by atoms with van der Waals surface area (Å²) < 4.78 is 13.2. The Bertz CT molecular complexity index is 438. The Balaban J connectivity index is 2.15. The molecule has 0 fully saturated rings. The van der Waals surface area contributed by atoms with Gasteiger partial charge in [0.05, 0.1) is 0 Å². The highest BCUT2D eigenvalue weighted by atomic mass is 19.1. The predicted molar refractivity (Wildman–Crippen MR) is 68.1 cm³/mol. The summed E-state index contributed by atoms with van der Waals surface area (Å²) in [6, 6.07) is 5.83. The lowest BCUT2D eigenvalue weighted by Gasteiger charge is -2.07. The van der Waals surface area contributed by atoms with Crippen LogP contribution in [-0.2, 0) is 11.3 Å². The van der Waals surface area contributed by atoms with E-state index in [9.17, 15) is 14.0 Å². The number of unbranched alkanes of at least 4 members (excludes halogenated alkanes) is 1. The van der Waals surface area contributed by atoms with E-state index < -0.39 is 12.0 Å². The van der Waals surface area contributed by atoms with Crippen LogP contribution in [0.15, 0.2) is 24.3 Å². The van der Waals surface area contributed by atoms with Gasteiger partial charge in [-0.1, -0.05) is 18.2 Å². The number of carbonyl (C=O) groups is 2. The van der Waals surface area contributed by atoms with Crippen LogP contribution in [0.25, 0.3) is 0 Å². The number of carboxylic acid groups (broad SMARTS) is 1. The highest BCUT2D eigenvalue weighted by Gasteiger charge is 2.03. The fraction of sp³-hybridized carbons (Fsp3) is 0.385. The van der Waals surface area contributed by atoms with Gasteiger partial charge in [0.1, 0.15) is 5.82 Å². The van der Waals surface area contributed by atoms with Crippen LogP contribution in [0, 0.1) is 5.82 Å². The third kappa shape index (κ3) is 6.40. The number of rotatable bonds is 7. The normalized spacial score (nSPS) is 9.95. The molecule has 0 aliphatic heterocycles. The van der Waals surface area contributed by atoms with Crippen molar-refractivity contribution in [3.8, 4) is 0 Å². The molecule has 0 aliphatic rings. The van der Waals surface area contributed by atoms with Crippen LogP contribution in [-0.4, -0.2) is 23.7 Å². The Hall–Kier alpha value is -2.11. The lowest BCUT2D eigenvalue weighted by Crippen LogP contribution is -2.35. The predicted octanol–water partition coefficient (Wildman–Crippen LogP) is 1.88. The van der Waals surface area contributed by atoms with Crippen molar-refractivity contribution < 1.29 is 19.1 Å². The van der Waals surface area contributed by atoms with Gasteiger partial charge in [-0.15, -0.1) is 0 Å². The first kappa shape index (κ1) is 14.9. The van der Waals surface area contributed by atoms with E-state index in [2.05, 4.69) is 10.6 Å². The van der Waals surface area contributed by atoms with Crippen LogP contribution < -0.4 is 10.6 Å². The molecule has 1 aromatic rings. The highest BCUT2D eigenvalue weighted by Crippen LogP contribution is 2.05. The lowest BCUT2D eigenvalue weighted by atomic mass is 10.2. The van der Waals surface area contributed by atoms with E-state index in [1.807, 2.05) is 0 Å². The van der Waals surface area contributed by atoms with Crippen molar-refractivity contribution in [2.75, 3.05) is 6.54 Å². The van der Waals surface area contributed by atoms with E-state index in [1.165, 1.54) is 6.07 Å². The summed E-state index contributed by atoms with van der Waals surface area (Å²) in [5.74, 6) is -1.20. The van der Waals surface area contributed by atoms with Gasteiger partial charge in [0.2, 0.25) is 0 Å². The molecule has 0 aliphatic carbocycles. The molecular weight excluding hydrogens is 251 g/mol. The number of carbonyl (C=O) groups excluding carboxylic acids is 1. The molecular formula is C13H17FN2O3. The lowest BCUT2D eigenvalue weighted by molar-refractivity contribution is -0.137. The first-order chi connectivity index (χ1) is 9.09. The van der Waals surface area contributed by atoms with E-state index >= 15 is 0 Å². The van der Waals surface area contributed by atoms with Crippen molar-refractivity contribution in [3.63, 3.8) is 0 Å². The highest BCUT2D eigenvalue weighted by molar-refractivity contribution is 5.73. The molecule has 0 unspecified atom stereocenters. The van der Waals surface area contributed by atoms with Gasteiger partial charge < -0.3 is 15.7 Å². The van der Waals surface area contributed by atoms with Crippen LogP contribution in [0.4, 0.5) is 9.18 Å². The van der Waals surface area contributed by atoms with Gasteiger partial charge in [0, 0.05) is 25.1 Å². The summed E-state index contributed by atoms with van der Waals surface area (Å²) in [6.45, 7) is 0.518. The number of hydrogen-bond acceptors (Lipinski definition) is 2. The fourth-order valence-corrected chi connectivity index (χ4v) is 1.48. The van der Waals surface area contributed by atoms with Crippen LogP contribution in [0.2, 0.25) is 0 Å². The van der Waals surface area contributed by atoms with E-state index in [0.717, 1.165) is 0 Å². The van der Waals surface area contributed by atoms with Gasteiger partial charge in [-0.3, -0.25) is 4.79 Å². The van der Waals surface area contributed by atoms with Gasteiger partial charge in [-0.05, 0) is 18.9 Å². The van der Waals surface area contributed by atoms with Crippen molar-refractivity contribution in [1.29, 1.82) is 0 Å². The summed E-state index contributed by atoms with van der Waals surface area (Å²) >= 11 is 0. The Morgan fingerprint density at radius 2 is 1.89 bits per heavy atom. The molecule has 0 saturated carbocycles. The van der Waals surface area contributed by atoms with Crippen molar-refractivity contribution >= 4 is 12.0 Å². The fourth-order valence-electron chi connectivity index (χ4n) is 1.48. The maximum Gasteiger partial charge on any atom is 0.315 e. The molecule has 1 aromatic carbocycles. The molecule has 2 amide bonds. The molecule has 3 N–H and O–H groups in total. The third-order valence-electron chi connectivity index (χ3n) is 2.50. The van der Waals surface area contributed by atoms with Gasteiger partial charge in [-0.25, -0.2) is 9.18 Å². The second-order valence-corrected chi connectivity index (χ2v) is 4.05. The van der Waals surface area contributed by atoms with Gasteiger partial charge >= 0.3 is 12.0 Å². The van der Waals surface area contributed by atoms with Gasteiger partial charge in [0.15, 0.2) is 0 Å². The van der Waals surface area contributed by atoms with Crippen LogP contribution in [0.5, 0.6) is 0 Å². The summed E-state index contributed by atoms with van der Waals surface area (Å²) in [7, 11) is 0. The molecule has 0 heterocycles. The van der Waals surface area contributed by atoms with Crippen LogP contribution in [0.1, 0.15) is 24.8 Å². The topological polar surface area (TPSA) is 78.4 Å². The molecule has 0 atom stereocenters. The third-order valence-corrected chi connectivity index (χ3v) is 2.50. The molecule has 0 spiro atoms. The Labute approximate surface area is 110 Å². The second-order valence-electron chi connectivity index (χ2n) is 4.05. The zero-order valence-corrected chi connectivity index (χ0v) is 10.5. The van der Waals surface area contributed by atoms with Crippen LogP contribution in [0.3, 0.4) is 0 Å². The molecule has 1 rings (SSSR count). The zero-order valence-electron chi connectivity index (χ0n) is 10.5. The number of nitrogens with one attached hydrogen (secondary N) is 2. The Morgan fingerprint density at radius 1 is 1.16 bits per heavy atom. The monoisotopic (exact) mass is 268 g/mol. The van der Waals surface area contributed by atoms with E-state index in [0.29, 0.717) is 24.9 Å². The van der Waals surface area contributed by atoms with Crippen molar-refractivity contribution in [3.05, 3.63) is 35.6 Å². The number of carboxylic acids is 1. The van der Waals surface area contributed by atoms with Crippen molar-refractivity contribution in [1.82, 2.24) is 10.6 Å². The van der Waals surface area contributed by atoms with Crippen LogP contribution >= 0.6 is 0 Å². The smallest absolute Gasteiger partial charge is 0.315 e. The summed E-state index contributed by atoms with van der Waals surface area (Å²) in [4.78, 5) is 21.6. The first-order valence-corrected chi connectivity index (χ1v) is 6.06. The summed E-state index contributed by atoms with van der Waals surface area (Å²) in [6.07, 6.45) is 1.21. The molecule has 0 aromatic heterocycles. The number of benzene rings is 1. The number of amides is 2. The zero-order chi connectivity index (χ0) is 14.1. The Morgan fingerprint density at radius 3 is 2.58 bits per heavy atom. The minimum Gasteiger partial charge on any atom is -0.481 e. The van der Waals surface area contributed by atoms with Crippen molar-refractivity contribution in [2.45, 2.75) is 25.8 Å². The molecule has 0 bridgehead atoms. The first-order valence-electron chi connectivity index (χ1n) is 6.06. The quantitative estimate of drug-likeness (QED) is 0.661. The molecule has 0 radical (unpaired) electrons. The number of urea groups is 1. The Kier molecular flexibility index (Phi) is 6.35. The maximum atomic E-state index is 13.2. The number of hydrogen-bond donors (Lipinski definition) is 3. The standard InChI is InChI=1S/C13H17FN2O3/c14-11-6-2-1-5-10(11)9-16-13(19)15-8-4-3-7-12(17)18/h1-2,5-6H,3-4,7-9H2,(H,17,18)(H2,15,16,19). The molecule has 5 nitrogen and oxygen atoms in total. The number of aliphatic carboxylic acids is 1. The summed E-state index contributed by atoms with van der Waals surface area (Å²) in [5.41, 5.74) is 0.420. The largest absolute Gasteiger partial charge is 0.481 e. The van der Waals surface area contributed by atoms with Crippen molar-refractivity contribution in [2.24, 2.45) is 0 Å². The average Bonchev–Trinajstić information content (AvgIpc) is 2.37. The van der Waals surface area contributed by atoms with E-state index in [-0.39, 0.29) is 18.8 Å². The molecule has 6 heteroatoms. The van der Waals surface area contributed by atoms with Gasteiger partial charge in [-0.2, -0.15) is 0 Å². The van der Waals surface area contributed by atoms with E-state index in [1.54, 1.807) is 18.2 Å². The van der Waals surface area contributed by atoms with Gasteiger partial charge in [0.25, 0.3) is 0 Å². The van der Waals surface area contributed by atoms with E-state index in [4.69, 9.17) is 5.11 Å². The number of halogens is 1. The second kappa shape index (κ2) is 8.07. The molecule has 104 valence electrons. The average molecular weight is 268 g/mol. The maximum absolute atomic E-state index is 13.2.